The van der Waals surface area contributed by atoms with Gasteiger partial charge in [0.25, 0.3) is 0 Å². The maximum Gasteiger partial charge on any atom is 0.456 e. The van der Waals surface area contributed by atoms with Gasteiger partial charge in [0.2, 0.25) is 5.88 Å². The number of aryl methyl sites for hydroxylation is 1. The van der Waals surface area contributed by atoms with E-state index in [4.69, 9.17) is 5.73 Å². The van der Waals surface area contributed by atoms with Crippen molar-refractivity contribution in [1.82, 2.24) is 9.78 Å². The summed E-state index contributed by atoms with van der Waals surface area (Å²) in [6.07, 6.45) is -10.3. The second-order valence-electron chi connectivity index (χ2n) is 5.78. The van der Waals surface area contributed by atoms with Gasteiger partial charge >= 0.3 is 18.3 Å². The molecule has 29 heavy (non-hydrogen) atoms. The molecule has 0 spiro atoms. The predicted molar refractivity (Wildman–Crippen MR) is 85.9 cm³/mol. The van der Waals surface area contributed by atoms with Gasteiger partial charge in [-0.3, -0.25) is 0 Å². The third-order valence-electron chi connectivity index (χ3n) is 3.39. The molecule has 1 aromatic heterocycles. The lowest BCUT2D eigenvalue weighted by Gasteiger charge is -2.18. The number of thioether (sulfide) groups is 1. The number of benzene rings is 1. The standard InChI is InChI=1S/C15H12F9N3OS/c1-7-2-8(16)9(3-10(7)29-6-14(19,20)21)27-11(25)4-12(26-27)28-5-13(17,18)15(22,23)24/h2-4H,5-6,25H2,1H3. The molecule has 0 saturated heterocycles. The molecule has 4 nitrogen and oxygen atoms in total. The van der Waals surface area contributed by atoms with Crippen LogP contribution in [0.2, 0.25) is 0 Å². The van der Waals surface area contributed by atoms with Crippen LogP contribution >= 0.6 is 11.8 Å². The largest absolute Gasteiger partial charge is 0.470 e. The average molecular weight is 453 g/mol. The number of nitrogens with two attached hydrogens (primary N) is 1. The molecule has 2 rings (SSSR count). The fourth-order valence-corrected chi connectivity index (χ4v) is 2.80. The Labute approximate surface area is 161 Å². The van der Waals surface area contributed by atoms with E-state index in [-0.39, 0.29) is 10.5 Å². The maximum atomic E-state index is 14.3. The predicted octanol–water partition coefficient (Wildman–Crippen LogP) is 5.13. The number of hydrogen-bond donors (Lipinski definition) is 1. The highest BCUT2D eigenvalue weighted by atomic mass is 32.2. The lowest BCUT2D eigenvalue weighted by Crippen LogP contribution is -2.41. The lowest BCUT2D eigenvalue weighted by molar-refractivity contribution is -0.290. The minimum absolute atomic E-state index is 0.0414. The molecule has 0 saturated carbocycles. The van der Waals surface area contributed by atoms with Crippen LogP contribution in [0.15, 0.2) is 23.1 Å². The Morgan fingerprint density at radius 3 is 2.24 bits per heavy atom. The zero-order chi connectivity index (χ0) is 22.2. The van der Waals surface area contributed by atoms with Crippen molar-refractivity contribution in [2.24, 2.45) is 0 Å². The molecular weight excluding hydrogens is 441 g/mol. The van der Waals surface area contributed by atoms with Crippen LogP contribution in [-0.2, 0) is 0 Å². The van der Waals surface area contributed by atoms with E-state index < -0.39 is 53.8 Å². The zero-order valence-corrected chi connectivity index (χ0v) is 15.2. The minimum Gasteiger partial charge on any atom is -0.470 e. The van der Waals surface area contributed by atoms with Crippen molar-refractivity contribution < 1.29 is 44.3 Å². The third-order valence-corrected chi connectivity index (χ3v) is 4.62. The van der Waals surface area contributed by atoms with Gasteiger partial charge in [-0.25, -0.2) is 9.07 Å². The van der Waals surface area contributed by atoms with Crippen LogP contribution in [-0.4, -0.2) is 40.4 Å². The third kappa shape index (κ3) is 5.64. The number of nitrogens with zero attached hydrogens (tertiary/aromatic N) is 2. The van der Waals surface area contributed by atoms with Crippen molar-refractivity contribution in [2.75, 3.05) is 18.1 Å². The molecule has 0 bridgehead atoms. The number of hydrogen-bond acceptors (Lipinski definition) is 4. The fourth-order valence-electron chi connectivity index (χ4n) is 2.00. The van der Waals surface area contributed by atoms with Crippen LogP contribution in [0.25, 0.3) is 5.69 Å². The van der Waals surface area contributed by atoms with Gasteiger partial charge in [0.1, 0.15) is 17.3 Å². The van der Waals surface area contributed by atoms with Crippen molar-refractivity contribution in [3.05, 3.63) is 29.6 Å². The summed E-state index contributed by atoms with van der Waals surface area (Å²) in [4.78, 5) is 0.0414. The number of aromatic nitrogens is 2. The molecule has 0 aliphatic rings. The molecule has 0 fully saturated rings. The van der Waals surface area contributed by atoms with E-state index in [0.29, 0.717) is 16.4 Å². The summed E-state index contributed by atoms with van der Waals surface area (Å²) in [6, 6.07) is 2.68. The maximum absolute atomic E-state index is 14.3. The van der Waals surface area contributed by atoms with Crippen LogP contribution in [0.5, 0.6) is 5.88 Å². The van der Waals surface area contributed by atoms with Gasteiger partial charge in [-0.2, -0.15) is 35.1 Å². The molecule has 0 radical (unpaired) electrons. The number of alkyl halides is 8. The molecule has 162 valence electrons. The van der Waals surface area contributed by atoms with Gasteiger partial charge in [0.15, 0.2) is 6.61 Å². The number of ether oxygens (including phenoxy) is 1. The monoisotopic (exact) mass is 453 g/mol. The second kappa shape index (κ2) is 7.88. The first-order valence-corrected chi connectivity index (χ1v) is 8.52. The second-order valence-corrected chi connectivity index (χ2v) is 6.80. The van der Waals surface area contributed by atoms with E-state index in [2.05, 4.69) is 9.84 Å². The van der Waals surface area contributed by atoms with E-state index >= 15 is 0 Å². The van der Waals surface area contributed by atoms with Crippen molar-refractivity contribution in [2.45, 2.75) is 30.1 Å². The average Bonchev–Trinajstić information content (AvgIpc) is 2.91. The van der Waals surface area contributed by atoms with Crippen molar-refractivity contribution in [1.29, 1.82) is 0 Å². The van der Waals surface area contributed by atoms with E-state index in [1.54, 1.807) is 0 Å². The number of nitrogen functional groups attached to an aromatic ring is 1. The van der Waals surface area contributed by atoms with Crippen LogP contribution in [0.4, 0.5) is 45.3 Å². The molecule has 1 aromatic carbocycles. The lowest BCUT2D eigenvalue weighted by atomic mass is 10.2. The molecule has 0 atom stereocenters. The van der Waals surface area contributed by atoms with Gasteiger partial charge in [0, 0.05) is 11.0 Å². The summed E-state index contributed by atoms with van der Waals surface area (Å²) < 4.78 is 119. The highest BCUT2D eigenvalue weighted by molar-refractivity contribution is 7.99. The Morgan fingerprint density at radius 2 is 1.69 bits per heavy atom. The Kier molecular flexibility index (Phi) is 6.26. The Balaban J connectivity index is 2.29. The summed E-state index contributed by atoms with van der Waals surface area (Å²) in [5.41, 5.74) is 5.31. The van der Waals surface area contributed by atoms with E-state index in [1.807, 2.05) is 0 Å². The highest BCUT2D eigenvalue weighted by Gasteiger charge is 2.58. The van der Waals surface area contributed by atoms with Crippen LogP contribution in [0.1, 0.15) is 5.56 Å². The van der Waals surface area contributed by atoms with Crippen molar-refractivity contribution >= 4 is 17.6 Å². The quantitative estimate of drug-likeness (QED) is 0.487. The molecule has 1 heterocycles. The summed E-state index contributed by atoms with van der Waals surface area (Å²) in [7, 11) is 0. The number of halogens is 9. The molecule has 0 aliphatic carbocycles. The normalized spacial score (nSPS) is 13.0. The molecule has 2 aromatic rings. The highest BCUT2D eigenvalue weighted by Crippen LogP contribution is 2.36. The van der Waals surface area contributed by atoms with Crippen molar-refractivity contribution in [3.63, 3.8) is 0 Å². The molecule has 14 heteroatoms. The van der Waals surface area contributed by atoms with E-state index in [1.165, 1.54) is 6.92 Å². The molecule has 2 N–H and O–H groups in total. The Bertz CT molecular complexity index is 877. The van der Waals surface area contributed by atoms with Crippen LogP contribution < -0.4 is 10.5 Å². The fraction of sp³-hybridized carbons (Fsp3) is 0.400. The molecular formula is C15H12F9N3OS. The first-order chi connectivity index (χ1) is 13.1. The van der Waals surface area contributed by atoms with Crippen molar-refractivity contribution in [3.8, 4) is 11.6 Å². The SMILES string of the molecule is Cc1cc(F)c(-n2nc(OCC(F)(F)C(F)(F)F)cc2N)cc1SCC(F)(F)F. The summed E-state index contributed by atoms with van der Waals surface area (Å²) >= 11 is 0.372. The number of anilines is 1. The van der Waals surface area contributed by atoms with E-state index in [9.17, 15) is 39.5 Å². The zero-order valence-electron chi connectivity index (χ0n) is 14.3. The van der Waals surface area contributed by atoms with E-state index in [0.717, 1.165) is 18.2 Å². The number of rotatable bonds is 6. The molecule has 0 aliphatic heterocycles. The first kappa shape index (κ1) is 23.0. The van der Waals surface area contributed by atoms with Gasteiger partial charge in [-0.15, -0.1) is 16.9 Å². The van der Waals surface area contributed by atoms with Crippen LogP contribution in [0, 0.1) is 12.7 Å². The van der Waals surface area contributed by atoms with Gasteiger partial charge in [-0.1, -0.05) is 0 Å². The minimum atomic E-state index is -5.85. The summed E-state index contributed by atoms with van der Waals surface area (Å²) in [6.45, 7) is -0.720. The Hall–Kier alpha value is -2.25. The summed E-state index contributed by atoms with van der Waals surface area (Å²) in [5, 5.41) is 3.50. The van der Waals surface area contributed by atoms with Gasteiger partial charge < -0.3 is 10.5 Å². The Morgan fingerprint density at radius 1 is 1.07 bits per heavy atom. The van der Waals surface area contributed by atoms with Gasteiger partial charge in [-0.05, 0) is 24.6 Å². The molecule has 0 amide bonds. The van der Waals surface area contributed by atoms with Gasteiger partial charge in [0.05, 0.1) is 5.75 Å². The summed E-state index contributed by atoms with van der Waals surface area (Å²) in [5.74, 6) is -8.53. The van der Waals surface area contributed by atoms with Crippen LogP contribution in [0.3, 0.4) is 0 Å². The topological polar surface area (TPSA) is 53.1 Å². The smallest absolute Gasteiger partial charge is 0.456 e. The molecule has 0 unspecified atom stereocenters. The first-order valence-electron chi connectivity index (χ1n) is 7.54.